The molecule has 0 spiro atoms. The third kappa shape index (κ3) is 2.38. The summed E-state index contributed by atoms with van der Waals surface area (Å²) in [6.45, 7) is 4.95. The van der Waals surface area contributed by atoms with E-state index in [1.165, 1.54) is 22.3 Å². The van der Waals surface area contributed by atoms with Crippen molar-refractivity contribution in [2.75, 3.05) is 0 Å². The van der Waals surface area contributed by atoms with Gasteiger partial charge in [-0.15, -0.1) is 0 Å². The van der Waals surface area contributed by atoms with Crippen molar-refractivity contribution < 1.29 is 9.15 Å². The van der Waals surface area contributed by atoms with Crippen LogP contribution in [-0.4, -0.2) is 0 Å². The number of fused-ring (bicyclic) bond motifs is 4. The minimum atomic E-state index is 0.625. The smallest absolute Gasteiger partial charge is 0.145 e. The number of allylic oxidation sites excluding steroid dienone is 2. The van der Waals surface area contributed by atoms with Crippen molar-refractivity contribution in [2.24, 2.45) is 0 Å². The molecule has 0 saturated heterocycles. The Morgan fingerprint density at radius 1 is 1.09 bits per heavy atom. The van der Waals surface area contributed by atoms with Gasteiger partial charge in [-0.3, -0.25) is 0 Å². The Bertz CT molecular complexity index is 839. The van der Waals surface area contributed by atoms with E-state index in [1.54, 1.807) is 0 Å². The quantitative estimate of drug-likeness (QED) is 0.637. The maximum absolute atomic E-state index is 6.23. The molecule has 0 unspecified atom stereocenters. The molecule has 0 radical (unpaired) electrons. The molecular formula is C20H19BrO2. The van der Waals surface area contributed by atoms with Gasteiger partial charge in [0.05, 0.1) is 5.57 Å². The summed E-state index contributed by atoms with van der Waals surface area (Å²) >= 11 is 3.56. The summed E-state index contributed by atoms with van der Waals surface area (Å²) < 4.78 is 13.4. The molecule has 0 fully saturated rings. The first-order valence-electron chi connectivity index (χ1n) is 8.18. The zero-order chi connectivity index (χ0) is 16.0. The van der Waals surface area contributed by atoms with Crippen LogP contribution < -0.4 is 0 Å². The highest BCUT2D eigenvalue weighted by molar-refractivity contribution is 9.10. The first-order valence-corrected chi connectivity index (χ1v) is 8.97. The van der Waals surface area contributed by atoms with Gasteiger partial charge in [-0.05, 0) is 41.3 Å². The summed E-state index contributed by atoms with van der Waals surface area (Å²) in [4.78, 5) is 0. The Kier molecular flexibility index (Phi) is 3.68. The van der Waals surface area contributed by atoms with Crippen LogP contribution in [0.1, 0.15) is 54.9 Å². The fraction of sp³-hybridized carbons (Fsp3) is 0.300. The number of hydrogen-bond donors (Lipinski definition) is 0. The van der Waals surface area contributed by atoms with Crippen LogP contribution in [0.15, 0.2) is 45.0 Å². The Labute approximate surface area is 145 Å². The van der Waals surface area contributed by atoms with Gasteiger partial charge in [0.25, 0.3) is 0 Å². The Hall–Kier alpha value is -1.74. The number of furan rings is 1. The SMILES string of the molecule is CCC1=CCC2=C(c3ccc(Br)cc3CO2)c2oc(CC)cc21. The number of halogens is 1. The molecule has 0 atom stereocenters. The van der Waals surface area contributed by atoms with Crippen molar-refractivity contribution in [3.8, 4) is 0 Å². The lowest BCUT2D eigenvalue weighted by molar-refractivity contribution is 0.190. The van der Waals surface area contributed by atoms with Crippen LogP contribution in [0.4, 0.5) is 0 Å². The lowest BCUT2D eigenvalue weighted by Crippen LogP contribution is -2.08. The molecule has 0 saturated carbocycles. The molecule has 118 valence electrons. The number of benzene rings is 1. The van der Waals surface area contributed by atoms with Crippen LogP contribution in [0.3, 0.4) is 0 Å². The summed E-state index contributed by atoms with van der Waals surface area (Å²) in [7, 11) is 0. The third-order valence-corrected chi connectivity index (χ3v) is 5.13. The molecule has 0 amide bonds. The molecule has 1 aliphatic heterocycles. The van der Waals surface area contributed by atoms with Crippen LogP contribution in [0.2, 0.25) is 0 Å². The number of aryl methyl sites for hydroxylation is 1. The minimum absolute atomic E-state index is 0.625. The second kappa shape index (κ2) is 5.72. The van der Waals surface area contributed by atoms with E-state index >= 15 is 0 Å². The second-order valence-corrected chi connectivity index (χ2v) is 6.90. The van der Waals surface area contributed by atoms with Gasteiger partial charge in [0.15, 0.2) is 0 Å². The predicted octanol–water partition coefficient (Wildman–Crippen LogP) is 6.09. The van der Waals surface area contributed by atoms with Crippen LogP contribution in [-0.2, 0) is 17.8 Å². The highest BCUT2D eigenvalue weighted by Crippen LogP contribution is 2.44. The summed E-state index contributed by atoms with van der Waals surface area (Å²) in [5, 5.41) is 0. The monoisotopic (exact) mass is 370 g/mol. The standard InChI is InChI=1S/C20H19BrO2/c1-3-12-5-8-18-19(20-17(12)10-15(4-2)23-20)16-7-6-14(21)9-13(16)11-22-18/h5-7,9-10H,3-4,8,11H2,1-2H3. The van der Waals surface area contributed by atoms with Crippen LogP contribution in [0.25, 0.3) is 11.1 Å². The van der Waals surface area contributed by atoms with E-state index in [0.29, 0.717) is 6.61 Å². The number of hydrogen-bond acceptors (Lipinski definition) is 2. The maximum atomic E-state index is 6.23. The van der Waals surface area contributed by atoms with E-state index in [9.17, 15) is 0 Å². The fourth-order valence-corrected chi connectivity index (χ4v) is 3.83. The zero-order valence-corrected chi connectivity index (χ0v) is 15.0. The molecule has 2 heterocycles. The average Bonchev–Trinajstić information content (AvgIpc) is 2.92. The summed E-state index contributed by atoms with van der Waals surface area (Å²) in [5.74, 6) is 3.04. The first kappa shape index (κ1) is 14.8. The van der Waals surface area contributed by atoms with Gasteiger partial charge in [-0.25, -0.2) is 0 Å². The normalized spacial score (nSPS) is 16.0. The van der Waals surface area contributed by atoms with Gasteiger partial charge in [-0.2, -0.15) is 0 Å². The topological polar surface area (TPSA) is 22.4 Å². The van der Waals surface area contributed by atoms with E-state index < -0.39 is 0 Å². The summed E-state index contributed by atoms with van der Waals surface area (Å²) in [5.41, 5.74) is 6.15. The summed E-state index contributed by atoms with van der Waals surface area (Å²) in [6, 6.07) is 8.61. The van der Waals surface area contributed by atoms with Gasteiger partial charge >= 0.3 is 0 Å². The van der Waals surface area contributed by atoms with Gasteiger partial charge in [0, 0.05) is 22.9 Å². The molecule has 1 aromatic carbocycles. The van der Waals surface area contributed by atoms with E-state index in [4.69, 9.17) is 9.15 Å². The molecule has 23 heavy (non-hydrogen) atoms. The Balaban J connectivity index is 1.97. The predicted molar refractivity (Wildman–Crippen MR) is 95.9 cm³/mol. The van der Waals surface area contributed by atoms with E-state index in [1.807, 2.05) is 0 Å². The third-order valence-electron chi connectivity index (χ3n) is 4.64. The van der Waals surface area contributed by atoms with Crippen molar-refractivity contribution >= 4 is 27.1 Å². The number of ether oxygens (including phenoxy) is 1. The molecule has 0 bridgehead atoms. The molecule has 2 nitrogen and oxygen atoms in total. The lowest BCUT2D eigenvalue weighted by Gasteiger charge is -2.22. The largest absolute Gasteiger partial charge is 0.492 e. The van der Waals surface area contributed by atoms with Crippen molar-refractivity contribution in [1.82, 2.24) is 0 Å². The molecular weight excluding hydrogens is 352 g/mol. The lowest BCUT2D eigenvalue weighted by atomic mass is 9.93. The van der Waals surface area contributed by atoms with Gasteiger partial charge in [0.2, 0.25) is 0 Å². The maximum Gasteiger partial charge on any atom is 0.145 e. The van der Waals surface area contributed by atoms with Gasteiger partial charge in [-0.1, -0.05) is 41.9 Å². The minimum Gasteiger partial charge on any atom is -0.492 e. The van der Waals surface area contributed by atoms with Crippen LogP contribution in [0, 0.1) is 0 Å². The fourth-order valence-electron chi connectivity index (χ4n) is 3.42. The van der Waals surface area contributed by atoms with Crippen molar-refractivity contribution in [3.63, 3.8) is 0 Å². The highest BCUT2D eigenvalue weighted by atomic mass is 79.9. The molecule has 0 N–H and O–H groups in total. The van der Waals surface area contributed by atoms with Crippen molar-refractivity contribution in [3.05, 3.63) is 68.8 Å². The van der Waals surface area contributed by atoms with E-state index in [-0.39, 0.29) is 0 Å². The van der Waals surface area contributed by atoms with Gasteiger partial charge < -0.3 is 9.15 Å². The number of rotatable bonds is 2. The summed E-state index contributed by atoms with van der Waals surface area (Å²) in [6.07, 6.45) is 5.03. The zero-order valence-electron chi connectivity index (χ0n) is 13.4. The van der Waals surface area contributed by atoms with Crippen molar-refractivity contribution in [1.29, 1.82) is 0 Å². The highest BCUT2D eigenvalue weighted by Gasteiger charge is 2.29. The Morgan fingerprint density at radius 3 is 2.74 bits per heavy atom. The molecule has 1 aromatic heterocycles. The first-order chi connectivity index (χ1) is 11.2. The second-order valence-electron chi connectivity index (χ2n) is 5.98. The van der Waals surface area contributed by atoms with Gasteiger partial charge in [0.1, 0.15) is 23.9 Å². The molecule has 4 rings (SSSR count). The van der Waals surface area contributed by atoms with Crippen molar-refractivity contribution in [2.45, 2.75) is 39.7 Å². The molecule has 2 aliphatic rings. The van der Waals surface area contributed by atoms with E-state index in [0.717, 1.165) is 46.6 Å². The average molecular weight is 371 g/mol. The Morgan fingerprint density at radius 2 is 1.96 bits per heavy atom. The van der Waals surface area contributed by atoms with E-state index in [2.05, 4.69) is 60.1 Å². The van der Waals surface area contributed by atoms with Crippen LogP contribution in [0.5, 0.6) is 0 Å². The molecule has 1 aliphatic carbocycles. The molecule has 2 aromatic rings. The van der Waals surface area contributed by atoms with Crippen LogP contribution >= 0.6 is 15.9 Å². The molecule has 3 heteroatoms.